The van der Waals surface area contributed by atoms with Gasteiger partial charge in [-0.05, 0) is 51.7 Å². The van der Waals surface area contributed by atoms with Crippen molar-refractivity contribution >= 4 is 11.0 Å². The van der Waals surface area contributed by atoms with Crippen LogP contribution < -0.4 is 10.1 Å². The summed E-state index contributed by atoms with van der Waals surface area (Å²) in [6, 6.07) is 8.69. The van der Waals surface area contributed by atoms with Crippen LogP contribution in [0.5, 0.6) is 5.75 Å². The molecule has 1 heterocycles. The van der Waals surface area contributed by atoms with Gasteiger partial charge in [0.2, 0.25) is 0 Å². The fraction of sp³-hybridized carbons (Fsp3) is 0.556. The number of aliphatic hydroxyl groups excluding tert-OH is 1. The van der Waals surface area contributed by atoms with Crippen molar-refractivity contribution < 1.29 is 14.3 Å². The van der Waals surface area contributed by atoms with Crippen molar-refractivity contribution in [2.24, 2.45) is 0 Å². The maximum atomic E-state index is 9.59. The summed E-state index contributed by atoms with van der Waals surface area (Å²) in [5, 5.41) is 14.3. The normalized spacial score (nSPS) is 23.6. The van der Waals surface area contributed by atoms with Crippen LogP contribution in [0.3, 0.4) is 0 Å². The second kappa shape index (κ2) is 6.71. The fourth-order valence-electron chi connectivity index (χ4n) is 3.22. The Labute approximate surface area is 131 Å². The van der Waals surface area contributed by atoms with Crippen LogP contribution in [0.4, 0.5) is 0 Å². The van der Waals surface area contributed by atoms with E-state index in [2.05, 4.69) is 24.4 Å². The predicted molar refractivity (Wildman–Crippen MR) is 87.2 cm³/mol. The van der Waals surface area contributed by atoms with E-state index in [-0.39, 0.29) is 12.1 Å². The average Bonchev–Trinajstić information content (AvgIpc) is 2.95. The summed E-state index contributed by atoms with van der Waals surface area (Å²) in [5.74, 6) is 1.74. The van der Waals surface area contributed by atoms with Crippen molar-refractivity contribution in [1.29, 1.82) is 0 Å². The lowest BCUT2D eigenvalue weighted by Crippen LogP contribution is -2.36. The van der Waals surface area contributed by atoms with Crippen LogP contribution in [-0.4, -0.2) is 23.9 Å². The van der Waals surface area contributed by atoms with Gasteiger partial charge in [-0.1, -0.05) is 12.1 Å². The maximum Gasteiger partial charge on any atom is 0.176 e. The summed E-state index contributed by atoms with van der Waals surface area (Å²) in [4.78, 5) is 0. The van der Waals surface area contributed by atoms with E-state index in [1.165, 1.54) is 0 Å². The van der Waals surface area contributed by atoms with Crippen molar-refractivity contribution in [3.05, 3.63) is 30.0 Å². The smallest absolute Gasteiger partial charge is 0.176 e. The minimum Gasteiger partial charge on any atom is -0.490 e. The van der Waals surface area contributed by atoms with Crippen molar-refractivity contribution in [3.8, 4) is 5.75 Å². The third kappa shape index (κ3) is 3.28. The van der Waals surface area contributed by atoms with Gasteiger partial charge in [0.15, 0.2) is 11.3 Å². The Bertz CT molecular complexity index is 614. The van der Waals surface area contributed by atoms with E-state index in [4.69, 9.17) is 9.15 Å². The van der Waals surface area contributed by atoms with Crippen LogP contribution in [-0.2, 0) is 0 Å². The highest BCUT2D eigenvalue weighted by Gasteiger charge is 2.22. The van der Waals surface area contributed by atoms with Crippen LogP contribution in [0.25, 0.3) is 11.0 Å². The lowest BCUT2D eigenvalue weighted by molar-refractivity contribution is 0.114. The van der Waals surface area contributed by atoms with Crippen LogP contribution in [0.1, 0.15) is 51.3 Å². The number of aliphatic hydroxyl groups is 1. The largest absolute Gasteiger partial charge is 0.490 e. The zero-order valence-corrected chi connectivity index (χ0v) is 13.3. The van der Waals surface area contributed by atoms with E-state index in [0.717, 1.165) is 48.2 Å². The first-order valence-corrected chi connectivity index (χ1v) is 8.26. The van der Waals surface area contributed by atoms with Crippen LogP contribution in [0.15, 0.2) is 28.7 Å². The van der Waals surface area contributed by atoms with E-state index >= 15 is 0 Å². The summed E-state index contributed by atoms with van der Waals surface area (Å²) in [5.41, 5.74) is 0.826. The third-order valence-corrected chi connectivity index (χ3v) is 4.44. The first-order chi connectivity index (χ1) is 10.7. The molecule has 1 fully saturated rings. The van der Waals surface area contributed by atoms with Gasteiger partial charge in [-0.25, -0.2) is 0 Å². The molecule has 22 heavy (non-hydrogen) atoms. The first-order valence-electron chi connectivity index (χ1n) is 8.26. The van der Waals surface area contributed by atoms with Crippen molar-refractivity contribution in [3.63, 3.8) is 0 Å². The summed E-state index contributed by atoms with van der Waals surface area (Å²) in [7, 11) is 0. The van der Waals surface area contributed by atoms with Gasteiger partial charge < -0.3 is 19.6 Å². The van der Waals surface area contributed by atoms with Gasteiger partial charge in [-0.2, -0.15) is 0 Å². The molecule has 0 bridgehead atoms. The van der Waals surface area contributed by atoms with Crippen molar-refractivity contribution in [1.82, 2.24) is 5.32 Å². The molecule has 1 aromatic carbocycles. The Kier molecular flexibility index (Phi) is 4.69. The Morgan fingerprint density at radius 3 is 2.82 bits per heavy atom. The second-order valence-electron chi connectivity index (χ2n) is 6.15. The molecule has 0 spiro atoms. The van der Waals surface area contributed by atoms with Crippen molar-refractivity contribution in [2.45, 2.75) is 57.7 Å². The molecule has 2 aromatic rings. The molecule has 0 amide bonds. The SMILES string of the molecule is CCOc1cccc2cc([C@H](C)NC3CCC(O)CC3)oc12. The molecule has 4 heteroatoms. The lowest BCUT2D eigenvalue weighted by atomic mass is 9.92. The van der Waals surface area contributed by atoms with Crippen LogP contribution in [0, 0.1) is 0 Å². The molecule has 1 aliphatic rings. The van der Waals surface area contributed by atoms with E-state index in [1.54, 1.807) is 0 Å². The monoisotopic (exact) mass is 303 g/mol. The highest BCUT2D eigenvalue weighted by Crippen LogP contribution is 2.32. The molecule has 2 N–H and O–H groups in total. The average molecular weight is 303 g/mol. The number of fused-ring (bicyclic) bond motifs is 1. The number of furan rings is 1. The standard InChI is InChI=1S/C18H25NO3/c1-3-21-16-6-4-5-13-11-17(22-18(13)16)12(2)19-14-7-9-15(20)10-8-14/h4-6,11-12,14-15,19-20H,3,7-10H2,1-2H3/t12-,14?,15?/m0/s1. The van der Waals surface area contributed by atoms with Gasteiger partial charge in [0.25, 0.3) is 0 Å². The number of hydrogen-bond donors (Lipinski definition) is 2. The minimum atomic E-state index is -0.117. The predicted octanol–water partition coefficient (Wildman–Crippen LogP) is 3.79. The molecule has 1 aliphatic carbocycles. The highest BCUT2D eigenvalue weighted by molar-refractivity contribution is 5.83. The van der Waals surface area contributed by atoms with Gasteiger partial charge in [0, 0.05) is 11.4 Å². The molecule has 3 rings (SSSR count). The first kappa shape index (κ1) is 15.4. The molecule has 1 saturated carbocycles. The van der Waals surface area contributed by atoms with E-state index in [0.29, 0.717) is 12.6 Å². The molecule has 120 valence electrons. The Hall–Kier alpha value is -1.52. The number of rotatable bonds is 5. The summed E-state index contributed by atoms with van der Waals surface area (Å²) >= 11 is 0. The maximum absolute atomic E-state index is 9.59. The Balaban J connectivity index is 1.73. The number of nitrogens with one attached hydrogen (secondary N) is 1. The molecule has 1 aromatic heterocycles. The Morgan fingerprint density at radius 1 is 1.32 bits per heavy atom. The molecule has 0 aliphatic heterocycles. The van der Waals surface area contributed by atoms with Crippen molar-refractivity contribution in [2.75, 3.05) is 6.61 Å². The molecule has 0 unspecified atom stereocenters. The molecular weight excluding hydrogens is 278 g/mol. The number of ether oxygens (including phenoxy) is 1. The molecule has 0 radical (unpaired) electrons. The Morgan fingerprint density at radius 2 is 2.09 bits per heavy atom. The molecule has 0 saturated heterocycles. The summed E-state index contributed by atoms with van der Waals surface area (Å²) in [6.07, 6.45) is 3.71. The molecule has 1 atom stereocenters. The van der Waals surface area contributed by atoms with E-state index in [1.807, 2.05) is 19.1 Å². The molecular formula is C18H25NO3. The van der Waals surface area contributed by atoms with Gasteiger partial charge >= 0.3 is 0 Å². The fourth-order valence-corrected chi connectivity index (χ4v) is 3.22. The third-order valence-electron chi connectivity index (χ3n) is 4.44. The number of benzene rings is 1. The van der Waals surface area contributed by atoms with Gasteiger partial charge in [0.1, 0.15) is 5.76 Å². The van der Waals surface area contributed by atoms with Gasteiger partial charge in [0.05, 0.1) is 18.8 Å². The zero-order chi connectivity index (χ0) is 15.5. The minimum absolute atomic E-state index is 0.117. The second-order valence-corrected chi connectivity index (χ2v) is 6.15. The van der Waals surface area contributed by atoms with Crippen LogP contribution >= 0.6 is 0 Å². The molecule has 4 nitrogen and oxygen atoms in total. The number of hydrogen-bond acceptors (Lipinski definition) is 4. The topological polar surface area (TPSA) is 54.6 Å². The summed E-state index contributed by atoms with van der Waals surface area (Å²) < 4.78 is 11.7. The van der Waals surface area contributed by atoms with E-state index in [9.17, 15) is 5.11 Å². The highest BCUT2D eigenvalue weighted by atomic mass is 16.5. The lowest BCUT2D eigenvalue weighted by Gasteiger charge is -2.28. The van der Waals surface area contributed by atoms with E-state index < -0.39 is 0 Å². The van der Waals surface area contributed by atoms with Gasteiger partial charge in [-0.3, -0.25) is 0 Å². The quantitative estimate of drug-likeness (QED) is 0.882. The number of para-hydroxylation sites is 1. The van der Waals surface area contributed by atoms with Crippen LogP contribution in [0.2, 0.25) is 0 Å². The van der Waals surface area contributed by atoms with Gasteiger partial charge in [-0.15, -0.1) is 0 Å². The zero-order valence-electron chi connectivity index (χ0n) is 13.3. The summed E-state index contributed by atoms with van der Waals surface area (Å²) in [6.45, 7) is 4.74.